The Balaban J connectivity index is 1.43. The van der Waals surface area contributed by atoms with Crippen molar-refractivity contribution in [1.82, 2.24) is 14.9 Å². The van der Waals surface area contributed by atoms with Crippen LogP contribution in [-0.2, 0) is 11.4 Å². The summed E-state index contributed by atoms with van der Waals surface area (Å²) in [5.41, 5.74) is 2.21. The summed E-state index contributed by atoms with van der Waals surface area (Å²) >= 11 is 0. The monoisotopic (exact) mass is 680 g/mol. The largest absolute Gasteiger partial charge is 0.497 e. The number of rotatable bonds is 10. The maximum Gasteiger partial charge on any atom is 0.267 e. The molecule has 0 unspecified atom stereocenters. The van der Waals surface area contributed by atoms with Gasteiger partial charge < -0.3 is 19.4 Å². The molecular weight excluding hydrogens is 642 g/mol. The molecule has 1 N–H and O–H groups in total. The van der Waals surface area contributed by atoms with Crippen LogP contribution >= 0.6 is 0 Å². The summed E-state index contributed by atoms with van der Waals surface area (Å²) < 4.78 is 41.1. The molecule has 1 aliphatic carbocycles. The zero-order valence-corrected chi connectivity index (χ0v) is 28.1. The van der Waals surface area contributed by atoms with Crippen molar-refractivity contribution in [1.29, 1.82) is 0 Å². The third-order valence-electron chi connectivity index (χ3n) is 8.86. The average molecular weight is 681 g/mol. The van der Waals surface area contributed by atoms with E-state index in [2.05, 4.69) is 5.32 Å². The number of hydrogen-bond donors (Lipinski definition) is 1. The van der Waals surface area contributed by atoms with Crippen molar-refractivity contribution in [3.05, 3.63) is 119 Å². The fourth-order valence-corrected chi connectivity index (χ4v) is 6.27. The number of nitrogens with one attached hydrogen (secondary N) is 1. The van der Waals surface area contributed by atoms with Crippen LogP contribution in [0.1, 0.15) is 71.9 Å². The second-order valence-corrected chi connectivity index (χ2v) is 12.7. The van der Waals surface area contributed by atoms with E-state index in [1.165, 1.54) is 24.3 Å². The molecule has 6 rings (SSSR count). The van der Waals surface area contributed by atoms with Gasteiger partial charge in [0, 0.05) is 35.2 Å². The lowest BCUT2D eigenvalue weighted by Crippen LogP contribution is -2.40. The minimum absolute atomic E-state index is 0.00276. The van der Waals surface area contributed by atoms with E-state index in [1.54, 1.807) is 19.2 Å². The number of amides is 3. The SMILES string of the molecule is COc1ccc(COc2ccc3nc(N(C(=O)c4ccc(F)cc4)C(=O)c4ccc(F)cc4)n([C@H]4CC[C@@H](C(=O)NC(C)C)CC4)c3c2)cc1. The third-order valence-corrected chi connectivity index (χ3v) is 8.86. The van der Waals surface area contributed by atoms with Crippen LogP contribution in [0, 0.1) is 17.6 Å². The first-order valence-electron chi connectivity index (χ1n) is 16.6. The van der Waals surface area contributed by atoms with Crippen molar-refractivity contribution in [2.75, 3.05) is 12.0 Å². The van der Waals surface area contributed by atoms with E-state index in [0.29, 0.717) is 42.5 Å². The predicted octanol–water partition coefficient (Wildman–Crippen LogP) is 7.65. The van der Waals surface area contributed by atoms with Gasteiger partial charge in [-0.2, -0.15) is 0 Å². The lowest BCUT2D eigenvalue weighted by molar-refractivity contribution is -0.126. The molecular formula is C39H38F2N4O5. The summed E-state index contributed by atoms with van der Waals surface area (Å²) in [7, 11) is 1.60. The lowest BCUT2D eigenvalue weighted by atomic mass is 9.85. The van der Waals surface area contributed by atoms with E-state index in [9.17, 15) is 23.2 Å². The lowest BCUT2D eigenvalue weighted by Gasteiger charge is -2.32. The molecule has 0 aliphatic heterocycles. The van der Waals surface area contributed by atoms with Crippen molar-refractivity contribution in [3.8, 4) is 11.5 Å². The Bertz CT molecular complexity index is 1930. The van der Waals surface area contributed by atoms with E-state index < -0.39 is 23.4 Å². The van der Waals surface area contributed by atoms with Crippen molar-refractivity contribution in [3.63, 3.8) is 0 Å². The summed E-state index contributed by atoms with van der Waals surface area (Å²) in [5, 5.41) is 3.00. The van der Waals surface area contributed by atoms with Crippen LogP contribution in [0.15, 0.2) is 91.0 Å². The van der Waals surface area contributed by atoms with E-state index in [-0.39, 0.29) is 47.6 Å². The van der Waals surface area contributed by atoms with Gasteiger partial charge in [0.2, 0.25) is 11.9 Å². The number of carbonyl (C=O) groups excluding carboxylic acids is 3. The molecule has 3 amide bonds. The van der Waals surface area contributed by atoms with Gasteiger partial charge >= 0.3 is 0 Å². The van der Waals surface area contributed by atoms with Crippen molar-refractivity contribution < 1.29 is 32.6 Å². The van der Waals surface area contributed by atoms with Gasteiger partial charge in [-0.1, -0.05) is 12.1 Å². The van der Waals surface area contributed by atoms with Crippen LogP contribution in [0.25, 0.3) is 11.0 Å². The first-order chi connectivity index (χ1) is 24.1. The van der Waals surface area contributed by atoms with Gasteiger partial charge in [-0.3, -0.25) is 14.4 Å². The Kier molecular flexibility index (Phi) is 10.2. The maximum absolute atomic E-state index is 14.2. The minimum atomic E-state index is -0.725. The zero-order chi connectivity index (χ0) is 35.4. The van der Waals surface area contributed by atoms with E-state index in [1.807, 2.05) is 48.7 Å². The Morgan fingerprint density at radius 1 is 0.820 bits per heavy atom. The molecule has 1 heterocycles. The number of ether oxygens (including phenoxy) is 2. The molecule has 0 radical (unpaired) electrons. The van der Waals surface area contributed by atoms with E-state index in [0.717, 1.165) is 40.5 Å². The van der Waals surface area contributed by atoms with Crippen LogP contribution in [0.3, 0.4) is 0 Å². The van der Waals surface area contributed by atoms with E-state index in [4.69, 9.17) is 14.5 Å². The molecule has 11 heteroatoms. The number of nitrogens with zero attached hydrogens (tertiary/aromatic N) is 3. The van der Waals surface area contributed by atoms with Crippen molar-refractivity contribution >= 4 is 34.7 Å². The molecule has 50 heavy (non-hydrogen) atoms. The first kappa shape index (κ1) is 34.3. The van der Waals surface area contributed by atoms with Gasteiger partial charge in [0.1, 0.15) is 29.7 Å². The average Bonchev–Trinajstić information content (AvgIpc) is 3.49. The second kappa shape index (κ2) is 14.9. The molecule has 1 aliphatic rings. The standard InChI is InChI=1S/C39H38F2N4O5/c1-24(2)42-36(46)26-10-16-31(17-11-26)44-35-22-33(50-23-25-4-18-32(49-3)19-5-25)20-21-34(35)43-39(44)45(37(47)27-6-12-29(40)13-7-27)38(48)28-8-14-30(41)15-9-28/h4-9,12-15,18-22,24,26,31H,10-11,16-17,23H2,1-3H3,(H,42,46)/t26-,31+. The summed E-state index contributed by atoms with van der Waals surface area (Å²) in [4.78, 5) is 47.2. The minimum Gasteiger partial charge on any atom is -0.497 e. The highest BCUT2D eigenvalue weighted by Gasteiger charge is 2.35. The molecule has 0 spiro atoms. The molecule has 5 aromatic rings. The number of benzene rings is 4. The number of fused-ring (bicyclic) bond motifs is 1. The Morgan fingerprint density at radius 3 is 1.92 bits per heavy atom. The smallest absolute Gasteiger partial charge is 0.267 e. The zero-order valence-electron chi connectivity index (χ0n) is 28.1. The fourth-order valence-electron chi connectivity index (χ4n) is 6.27. The summed E-state index contributed by atoms with van der Waals surface area (Å²) in [6, 6.07) is 22.5. The number of anilines is 1. The van der Waals surface area contributed by atoms with Gasteiger partial charge in [-0.25, -0.2) is 18.7 Å². The quantitative estimate of drug-likeness (QED) is 0.152. The number of aromatic nitrogens is 2. The number of imide groups is 1. The highest BCUT2D eigenvalue weighted by molar-refractivity contribution is 6.25. The van der Waals surface area contributed by atoms with Crippen LogP contribution in [0.4, 0.5) is 14.7 Å². The molecule has 1 saturated carbocycles. The van der Waals surface area contributed by atoms with Gasteiger partial charge in [0.25, 0.3) is 11.8 Å². The second-order valence-electron chi connectivity index (χ2n) is 12.7. The number of methoxy groups -OCH3 is 1. The normalized spacial score (nSPS) is 15.9. The van der Waals surface area contributed by atoms with Crippen LogP contribution in [-0.4, -0.2) is 40.4 Å². The number of carbonyl (C=O) groups is 3. The fraction of sp³-hybridized carbons (Fsp3) is 0.282. The predicted molar refractivity (Wildman–Crippen MR) is 185 cm³/mol. The third kappa shape index (κ3) is 7.51. The summed E-state index contributed by atoms with van der Waals surface area (Å²) in [6.45, 7) is 4.13. The number of imidazole rings is 1. The van der Waals surface area contributed by atoms with Gasteiger partial charge in [0.05, 0.1) is 18.1 Å². The Morgan fingerprint density at radius 2 is 1.38 bits per heavy atom. The van der Waals surface area contributed by atoms with Crippen molar-refractivity contribution in [2.24, 2.45) is 5.92 Å². The molecule has 258 valence electrons. The van der Waals surface area contributed by atoms with Gasteiger partial charge in [0.15, 0.2) is 0 Å². The molecule has 1 aromatic heterocycles. The molecule has 0 saturated heterocycles. The number of hydrogen-bond acceptors (Lipinski definition) is 6. The number of halogens is 2. The Labute approximate surface area is 288 Å². The van der Waals surface area contributed by atoms with Crippen LogP contribution in [0.2, 0.25) is 0 Å². The van der Waals surface area contributed by atoms with Gasteiger partial charge in [-0.15, -0.1) is 0 Å². The summed E-state index contributed by atoms with van der Waals surface area (Å²) in [5.74, 6) is -1.35. The van der Waals surface area contributed by atoms with E-state index >= 15 is 0 Å². The maximum atomic E-state index is 14.2. The molecule has 1 fully saturated rings. The van der Waals surface area contributed by atoms with Crippen LogP contribution < -0.4 is 19.7 Å². The van der Waals surface area contributed by atoms with Crippen LogP contribution in [0.5, 0.6) is 11.5 Å². The molecule has 9 nitrogen and oxygen atoms in total. The molecule has 4 aromatic carbocycles. The highest BCUT2D eigenvalue weighted by Crippen LogP contribution is 2.39. The molecule has 0 atom stereocenters. The first-order valence-corrected chi connectivity index (χ1v) is 16.6. The topological polar surface area (TPSA) is 103 Å². The highest BCUT2D eigenvalue weighted by atomic mass is 19.1. The Hall–Kier alpha value is -5.58. The molecule has 0 bridgehead atoms. The van der Waals surface area contributed by atoms with Crippen molar-refractivity contribution in [2.45, 2.75) is 58.2 Å². The summed E-state index contributed by atoms with van der Waals surface area (Å²) in [6.07, 6.45) is 2.34. The van der Waals surface area contributed by atoms with Gasteiger partial charge in [-0.05, 0) is 118 Å².